The van der Waals surface area contributed by atoms with Gasteiger partial charge in [-0.2, -0.15) is 0 Å². The van der Waals surface area contributed by atoms with E-state index in [-0.39, 0.29) is 18.0 Å². The van der Waals surface area contributed by atoms with E-state index in [1.54, 1.807) is 25.3 Å². The maximum absolute atomic E-state index is 12.6. The zero-order valence-corrected chi connectivity index (χ0v) is 17.0. The molecule has 3 aromatic rings. The molecule has 0 radical (unpaired) electrons. The number of carbonyl (C=O) groups is 1. The van der Waals surface area contributed by atoms with Crippen LogP contribution in [-0.2, 0) is 11.8 Å². The molecule has 2 heterocycles. The minimum atomic E-state index is -0.368. The van der Waals surface area contributed by atoms with E-state index >= 15 is 0 Å². The Balaban J connectivity index is 1.43. The summed E-state index contributed by atoms with van der Waals surface area (Å²) >= 11 is 1.34. The molecule has 1 amide bonds. The Morgan fingerprint density at radius 2 is 1.93 bits per heavy atom. The van der Waals surface area contributed by atoms with Crippen molar-refractivity contribution in [1.29, 1.82) is 0 Å². The summed E-state index contributed by atoms with van der Waals surface area (Å²) in [5.74, 6) is 2.66. The molecule has 1 aliphatic heterocycles. The lowest BCUT2D eigenvalue weighted by Gasteiger charge is -2.12. The topological polar surface area (TPSA) is 87.5 Å². The van der Waals surface area contributed by atoms with E-state index in [4.69, 9.17) is 14.2 Å². The van der Waals surface area contributed by atoms with Gasteiger partial charge in [-0.25, -0.2) is 0 Å². The van der Waals surface area contributed by atoms with Crippen LogP contribution in [0.1, 0.15) is 6.92 Å². The number of methoxy groups -OCH3 is 1. The third-order valence-corrected chi connectivity index (χ3v) is 5.61. The van der Waals surface area contributed by atoms with Gasteiger partial charge in [-0.15, -0.1) is 10.2 Å². The Labute approximate surface area is 172 Å². The number of benzene rings is 2. The number of carbonyl (C=O) groups excluding carboxylic acids is 1. The van der Waals surface area contributed by atoms with Crippen molar-refractivity contribution < 1.29 is 19.0 Å². The zero-order valence-electron chi connectivity index (χ0n) is 16.2. The first-order valence-corrected chi connectivity index (χ1v) is 9.84. The number of hydrogen-bond acceptors (Lipinski definition) is 7. The molecule has 1 atom stereocenters. The molecule has 0 unspecified atom stereocenters. The monoisotopic (exact) mass is 412 g/mol. The van der Waals surface area contributed by atoms with Crippen molar-refractivity contribution in [3.8, 4) is 28.6 Å². The van der Waals surface area contributed by atoms with Gasteiger partial charge >= 0.3 is 0 Å². The van der Waals surface area contributed by atoms with Crippen molar-refractivity contribution in [2.24, 2.45) is 7.05 Å². The second-order valence-electron chi connectivity index (χ2n) is 6.41. The van der Waals surface area contributed by atoms with Gasteiger partial charge in [0.15, 0.2) is 22.5 Å². The summed E-state index contributed by atoms with van der Waals surface area (Å²) in [5, 5.41) is 11.7. The zero-order chi connectivity index (χ0) is 20.4. The molecule has 2 aromatic carbocycles. The molecule has 1 aliphatic rings. The molecule has 29 heavy (non-hydrogen) atoms. The van der Waals surface area contributed by atoms with E-state index in [2.05, 4.69) is 15.5 Å². The van der Waals surface area contributed by atoms with Crippen molar-refractivity contribution in [3.63, 3.8) is 0 Å². The lowest BCUT2D eigenvalue weighted by molar-refractivity contribution is -0.115. The van der Waals surface area contributed by atoms with Crippen molar-refractivity contribution in [3.05, 3.63) is 42.5 Å². The number of thioether (sulfide) groups is 1. The maximum Gasteiger partial charge on any atom is 0.237 e. The summed E-state index contributed by atoms with van der Waals surface area (Å²) in [4.78, 5) is 12.6. The summed E-state index contributed by atoms with van der Waals surface area (Å²) in [6, 6.07) is 12.9. The van der Waals surface area contributed by atoms with Crippen molar-refractivity contribution in [1.82, 2.24) is 14.8 Å². The van der Waals surface area contributed by atoms with E-state index in [1.165, 1.54) is 11.8 Å². The number of aromatic nitrogens is 3. The van der Waals surface area contributed by atoms with Gasteiger partial charge in [0, 0.05) is 24.4 Å². The molecular weight excluding hydrogens is 392 g/mol. The van der Waals surface area contributed by atoms with Gasteiger partial charge in [0.2, 0.25) is 12.7 Å². The van der Waals surface area contributed by atoms with Gasteiger partial charge in [0.05, 0.1) is 12.4 Å². The normalized spacial score (nSPS) is 13.2. The SMILES string of the molecule is COc1ccc(-c2nnc(S[C@@H](C)C(=O)Nc3ccc4c(c3)OCO4)n2C)cc1. The minimum absolute atomic E-state index is 0.136. The molecule has 0 spiro atoms. The number of nitrogens with one attached hydrogen (secondary N) is 1. The number of anilines is 1. The fourth-order valence-corrected chi connectivity index (χ4v) is 3.65. The predicted molar refractivity (Wildman–Crippen MR) is 110 cm³/mol. The fourth-order valence-electron chi connectivity index (χ4n) is 2.84. The quantitative estimate of drug-likeness (QED) is 0.621. The van der Waals surface area contributed by atoms with Crippen LogP contribution in [0.15, 0.2) is 47.6 Å². The summed E-state index contributed by atoms with van der Waals surface area (Å²) in [6.07, 6.45) is 0. The molecule has 8 nitrogen and oxygen atoms in total. The molecule has 0 saturated heterocycles. The van der Waals surface area contributed by atoms with Crippen LogP contribution >= 0.6 is 11.8 Å². The lowest BCUT2D eigenvalue weighted by atomic mass is 10.2. The van der Waals surface area contributed by atoms with Crippen LogP contribution in [0.5, 0.6) is 17.2 Å². The number of amides is 1. The Morgan fingerprint density at radius 3 is 2.69 bits per heavy atom. The number of ether oxygens (including phenoxy) is 3. The molecular formula is C20H20N4O4S. The van der Waals surface area contributed by atoms with Crippen molar-refractivity contribution in [2.45, 2.75) is 17.3 Å². The number of nitrogens with zero attached hydrogens (tertiary/aromatic N) is 3. The molecule has 0 aliphatic carbocycles. The Kier molecular flexibility index (Phi) is 5.30. The van der Waals surface area contributed by atoms with Gasteiger partial charge in [-0.3, -0.25) is 4.79 Å². The first-order chi connectivity index (χ1) is 14.0. The number of hydrogen-bond donors (Lipinski definition) is 1. The van der Waals surface area contributed by atoms with Crippen LogP contribution in [0.2, 0.25) is 0 Å². The van der Waals surface area contributed by atoms with Crippen molar-refractivity contribution in [2.75, 3.05) is 19.2 Å². The van der Waals surface area contributed by atoms with Gasteiger partial charge in [0.1, 0.15) is 5.75 Å². The second-order valence-corrected chi connectivity index (χ2v) is 7.72. The van der Waals surface area contributed by atoms with Crippen molar-refractivity contribution >= 4 is 23.4 Å². The summed E-state index contributed by atoms with van der Waals surface area (Å²) in [7, 11) is 3.51. The van der Waals surface area contributed by atoms with E-state index < -0.39 is 0 Å². The molecule has 150 valence electrons. The van der Waals surface area contributed by atoms with Gasteiger partial charge in [-0.1, -0.05) is 11.8 Å². The van der Waals surface area contributed by atoms with Gasteiger partial charge < -0.3 is 24.1 Å². The second kappa shape index (κ2) is 8.04. The number of rotatable bonds is 6. The fraction of sp³-hybridized carbons (Fsp3) is 0.250. The highest BCUT2D eigenvalue weighted by Gasteiger charge is 2.21. The third-order valence-electron chi connectivity index (χ3n) is 4.47. The van der Waals surface area contributed by atoms with Crippen LogP contribution in [0.25, 0.3) is 11.4 Å². The Morgan fingerprint density at radius 1 is 1.17 bits per heavy atom. The van der Waals surface area contributed by atoms with Crippen LogP contribution in [-0.4, -0.2) is 39.8 Å². The Hall–Kier alpha value is -3.20. The lowest BCUT2D eigenvalue weighted by Crippen LogP contribution is -2.22. The molecule has 1 N–H and O–H groups in total. The maximum atomic E-state index is 12.6. The first kappa shape index (κ1) is 19.1. The molecule has 0 fully saturated rings. The number of fused-ring (bicyclic) bond motifs is 1. The molecule has 9 heteroatoms. The van der Waals surface area contributed by atoms with E-state index in [0.29, 0.717) is 22.3 Å². The summed E-state index contributed by atoms with van der Waals surface area (Å²) in [6.45, 7) is 2.02. The minimum Gasteiger partial charge on any atom is -0.497 e. The highest BCUT2D eigenvalue weighted by Crippen LogP contribution is 2.34. The molecule has 0 saturated carbocycles. The van der Waals surface area contributed by atoms with Gasteiger partial charge in [0.25, 0.3) is 0 Å². The molecule has 0 bridgehead atoms. The van der Waals surface area contributed by atoms with Crippen LogP contribution < -0.4 is 19.5 Å². The first-order valence-electron chi connectivity index (χ1n) is 8.96. The highest BCUT2D eigenvalue weighted by molar-refractivity contribution is 8.00. The average molecular weight is 412 g/mol. The largest absolute Gasteiger partial charge is 0.497 e. The Bertz CT molecular complexity index is 1040. The van der Waals surface area contributed by atoms with E-state index in [1.807, 2.05) is 42.8 Å². The highest BCUT2D eigenvalue weighted by atomic mass is 32.2. The van der Waals surface area contributed by atoms with Gasteiger partial charge in [-0.05, 0) is 43.3 Å². The molecule has 1 aromatic heterocycles. The van der Waals surface area contributed by atoms with E-state index in [9.17, 15) is 4.79 Å². The van der Waals surface area contributed by atoms with Crippen LogP contribution in [0.3, 0.4) is 0 Å². The van der Waals surface area contributed by atoms with Crippen LogP contribution in [0, 0.1) is 0 Å². The smallest absolute Gasteiger partial charge is 0.237 e. The summed E-state index contributed by atoms with van der Waals surface area (Å²) in [5.41, 5.74) is 1.58. The average Bonchev–Trinajstić information content (AvgIpc) is 3.34. The summed E-state index contributed by atoms with van der Waals surface area (Å²) < 4.78 is 17.7. The predicted octanol–water partition coefficient (Wildman–Crippen LogP) is 3.34. The van der Waals surface area contributed by atoms with Crippen LogP contribution in [0.4, 0.5) is 5.69 Å². The third kappa shape index (κ3) is 4.00. The van der Waals surface area contributed by atoms with E-state index in [0.717, 1.165) is 17.1 Å². The standard InChI is InChI=1S/C20H20N4O4S/c1-12(19(25)21-14-6-9-16-17(10-14)28-11-27-16)29-20-23-22-18(24(20)2)13-4-7-15(26-3)8-5-13/h4-10,12H,11H2,1-3H3,(H,21,25)/t12-/m0/s1. The molecule has 4 rings (SSSR count).